The van der Waals surface area contributed by atoms with Gasteiger partial charge in [-0.05, 0) is 50.5 Å². The van der Waals surface area contributed by atoms with Crippen molar-refractivity contribution in [3.63, 3.8) is 0 Å². The minimum atomic E-state index is -0.484. The smallest absolute Gasteiger partial charge is 0.273 e. The number of amides is 1. The summed E-state index contributed by atoms with van der Waals surface area (Å²) in [6.07, 6.45) is 0. The fraction of sp³-hybridized carbons (Fsp3) is 0.238. The number of oxazole rings is 1. The van der Waals surface area contributed by atoms with Crippen molar-refractivity contribution >= 4 is 11.6 Å². The number of non-ortho nitro benzene ring substituents is 1. The SMILES string of the molecule is COc1ccc(-c2nc(C(=O)NCCN(C)C)c(-c3ccc([N+](=O)[O-])cc3)o2)cc1. The number of benzene rings is 2. The minimum Gasteiger partial charge on any atom is -0.497 e. The Bertz CT molecular complexity index is 1030. The second-order valence-corrected chi connectivity index (χ2v) is 6.79. The van der Waals surface area contributed by atoms with Crippen LogP contribution < -0.4 is 10.1 Å². The van der Waals surface area contributed by atoms with Crippen LogP contribution in [-0.2, 0) is 0 Å². The van der Waals surface area contributed by atoms with Gasteiger partial charge in [0.25, 0.3) is 11.6 Å². The molecule has 0 saturated heterocycles. The summed E-state index contributed by atoms with van der Waals surface area (Å²) in [5.74, 6) is 0.818. The average molecular weight is 410 g/mol. The van der Waals surface area contributed by atoms with Gasteiger partial charge in [-0.2, -0.15) is 0 Å². The Hall–Kier alpha value is -3.72. The van der Waals surface area contributed by atoms with Crippen molar-refractivity contribution in [1.29, 1.82) is 0 Å². The zero-order valence-corrected chi connectivity index (χ0v) is 16.9. The maximum absolute atomic E-state index is 12.8. The Morgan fingerprint density at radius 1 is 1.13 bits per heavy atom. The summed E-state index contributed by atoms with van der Waals surface area (Å²) in [6.45, 7) is 1.11. The van der Waals surface area contributed by atoms with Crippen LogP contribution in [-0.4, -0.2) is 55.0 Å². The van der Waals surface area contributed by atoms with Crippen molar-refractivity contribution in [3.05, 3.63) is 64.3 Å². The van der Waals surface area contributed by atoms with E-state index in [0.717, 1.165) is 0 Å². The minimum absolute atomic E-state index is 0.0503. The zero-order valence-electron chi connectivity index (χ0n) is 16.9. The molecule has 2 aromatic carbocycles. The summed E-state index contributed by atoms with van der Waals surface area (Å²) in [4.78, 5) is 29.6. The third-order valence-electron chi connectivity index (χ3n) is 4.36. The maximum Gasteiger partial charge on any atom is 0.273 e. The first-order chi connectivity index (χ1) is 14.4. The first kappa shape index (κ1) is 21.0. The second-order valence-electron chi connectivity index (χ2n) is 6.79. The Morgan fingerprint density at radius 2 is 1.77 bits per heavy atom. The molecule has 3 aromatic rings. The summed E-state index contributed by atoms with van der Waals surface area (Å²) >= 11 is 0. The van der Waals surface area contributed by atoms with Crippen LogP contribution in [0.1, 0.15) is 10.5 Å². The molecule has 0 aliphatic heterocycles. The van der Waals surface area contributed by atoms with E-state index in [1.54, 1.807) is 31.4 Å². The standard InChI is InChI=1S/C21H22N4O5/c1-24(2)13-12-22-20(26)18-19(14-4-8-16(9-5-14)25(27)28)30-21(23-18)15-6-10-17(29-3)11-7-15/h4-11H,12-13H2,1-3H3,(H,22,26). The number of hydrogen-bond acceptors (Lipinski definition) is 7. The molecule has 0 unspecified atom stereocenters. The Balaban J connectivity index is 1.98. The molecule has 0 aliphatic carbocycles. The fourth-order valence-corrected chi connectivity index (χ4v) is 2.74. The lowest BCUT2D eigenvalue weighted by Gasteiger charge is -2.09. The molecule has 0 fully saturated rings. The quantitative estimate of drug-likeness (QED) is 0.448. The van der Waals surface area contributed by atoms with Crippen LogP contribution in [0.15, 0.2) is 52.9 Å². The maximum atomic E-state index is 12.8. The molecule has 1 amide bonds. The number of aromatic nitrogens is 1. The highest BCUT2D eigenvalue weighted by molar-refractivity contribution is 5.98. The van der Waals surface area contributed by atoms with Crippen molar-refractivity contribution in [1.82, 2.24) is 15.2 Å². The van der Waals surface area contributed by atoms with Gasteiger partial charge < -0.3 is 19.4 Å². The van der Waals surface area contributed by atoms with Crippen molar-refractivity contribution in [2.45, 2.75) is 0 Å². The molecule has 0 saturated carbocycles. The highest BCUT2D eigenvalue weighted by Crippen LogP contribution is 2.31. The van der Waals surface area contributed by atoms with Gasteiger partial charge in [0.15, 0.2) is 11.5 Å². The summed E-state index contributed by atoms with van der Waals surface area (Å²) < 4.78 is 11.1. The molecule has 0 aliphatic rings. The third kappa shape index (κ3) is 4.81. The van der Waals surface area contributed by atoms with Crippen LogP contribution in [0.5, 0.6) is 5.75 Å². The number of methoxy groups -OCH3 is 1. The van der Waals surface area contributed by atoms with E-state index in [0.29, 0.717) is 30.0 Å². The van der Waals surface area contributed by atoms with E-state index in [9.17, 15) is 14.9 Å². The number of carbonyl (C=O) groups is 1. The van der Waals surface area contributed by atoms with Crippen molar-refractivity contribution in [2.24, 2.45) is 0 Å². The van der Waals surface area contributed by atoms with Crippen molar-refractivity contribution in [3.8, 4) is 28.5 Å². The molecule has 0 bridgehead atoms. The topological polar surface area (TPSA) is 111 Å². The van der Waals surface area contributed by atoms with Crippen LogP contribution in [0.2, 0.25) is 0 Å². The van der Waals surface area contributed by atoms with E-state index in [1.165, 1.54) is 24.3 Å². The normalized spacial score (nSPS) is 10.8. The molecule has 0 atom stereocenters. The predicted octanol–water partition coefficient (Wildman–Crippen LogP) is 3.22. The molecule has 1 N–H and O–H groups in total. The first-order valence-corrected chi connectivity index (χ1v) is 9.22. The van der Waals surface area contributed by atoms with E-state index < -0.39 is 4.92 Å². The number of rotatable bonds is 8. The van der Waals surface area contributed by atoms with E-state index in [1.807, 2.05) is 19.0 Å². The number of hydrogen-bond donors (Lipinski definition) is 1. The summed E-state index contributed by atoms with van der Waals surface area (Å²) in [5.41, 5.74) is 1.26. The zero-order chi connectivity index (χ0) is 21.7. The van der Waals surface area contributed by atoms with Crippen molar-refractivity contribution < 1.29 is 18.9 Å². The monoisotopic (exact) mass is 410 g/mol. The third-order valence-corrected chi connectivity index (χ3v) is 4.36. The lowest BCUT2D eigenvalue weighted by molar-refractivity contribution is -0.384. The molecular formula is C21H22N4O5. The number of nitro benzene ring substituents is 1. The van der Waals surface area contributed by atoms with Gasteiger partial charge >= 0.3 is 0 Å². The van der Waals surface area contributed by atoms with Crippen LogP contribution in [0.3, 0.4) is 0 Å². The fourth-order valence-electron chi connectivity index (χ4n) is 2.74. The van der Waals surface area contributed by atoms with Gasteiger partial charge in [-0.3, -0.25) is 14.9 Å². The van der Waals surface area contributed by atoms with Crippen LogP contribution in [0, 0.1) is 10.1 Å². The van der Waals surface area contributed by atoms with Gasteiger partial charge in [-0.15, -0.1) is 0 Å². The highest BCUT2D eigenvalue weighted by atomic mass is 16.6. The van der Waals surface area contributed by atoms with Crippen LogP contribution >= 0.6 is 0 Å². The molecule has 1 aromatic heterocycles. The van der Waals surface area contributed by atoms with Gasteiger partial charge in [0.05, 0.1) is 12.0 Å². The first-order valence-electron chi connectivity index (χ1n) is 9.22. The number of nitro groups is 1. The summed E-state index contributed by atoms with van der Waals surface area (Å²) in [6, 6.07) is 12.9. The summed E-state index contributed by atoms with van der Waals surface area (Å²) in [5, 5.41) is 13.8. The molecule has 3 rings (SSSR count). The largest absolute Gasteiger partial charge is 0.497 e. The van der Waals surface area contributed by atoms with Gasteiger partial charge in [-0.25, -0.2) is 4.98 Å². The van der Waals surface area contributed by atoms with E-state index >= 15 is 0 Å². The number of nitrogens with one attached hydrogen (secondary N) is 1. The number of ether oxygens (including phenoxy) is 1. The Kier molecular flexibility index (Phi) is 6.43. The van der Waals surface area contributed by atoms with Gasteiger partial charge in [-0.1, -0.05) is 0 Å². The lowest BCUT2D eigenvalue weighted by Crippen LogP contribution is -2.31. The van der Waals surface area contributed by atoms with Crippen LogP contribution in [0.4, 0.5) is 5.69 Å². The Morgan fingerprint density at radius 3 is 2.33 bits per heavy atom. The molecule has 156 valence electrons. The average Bonchev–Trinajstić information content (AvgIpc) is 3.19. The lowest BCUT2D eigenvalue weighted by atomic mass is 10.1. The number of likely N-dealkylation sites (N-methyl/N-ethyl adjacent to an activating group) is 1. The van der Waals surface area contributed by atoms with Gasteiger partial charge in [0, 0.05) is 36.3 Å². The number of nitrogens with zero attached hydrogens (tertiary/aromatic N) is 3. The molecule has 30 heavy (non-hydrogen) atoms. The van der Waals surface area contributed by atoms with E-state index in [4.69, 9.17) is 9.15 Å². The molecule has 0 spiro atoms. The van der Waals surface area contributed by atoms with Crippen molar-refractivity contribution in [2.75, 3.05) is 34.3 Å². The van der Waals surface area contributed by atoms with E-state index in [-0.39, 0.29) is 28.9 Å². The second kappa shape index (κ2) is 9.19. The Labute approximate surface area is 173 Å². The molecule has 0 radical (unpaired) electrons. The predicted molar refractivity (Wildman–Crippen MR) is 111 cm³/mol. The molecule has 9 heteroatoms. The highest BCUT2D eigenvalue weighted by Gasteiger charge is 2.23. The van der Waals surface area contributed by atoms with Gasteiger partial charge in [0.1, 0.15) is 5.75 Å². The molecular weight excluding hydrogens is 388 g/mol. The van der Waals surface area contributed by atoms with Crippen LogP contribution in [0.25, 0.3) is 22.8 Å². The molecule has 9 nitrogen and oxygen atoms in total. The van der Waals surface area contributed by atoms with Gasteiger partial charge in [0.2, 0.25) is 5.89 Å². The van der Waals surface area contributed by atoms with E-state index in [2.05, 4.69) is 10.3 Å². The summed E-state index contributed by atoms with van der Waals surface area (Å²) in [7, 11) is 5.39. The number of carbonyl (C=O) groups excluding carboxylic acids is 1. The molecule has 1 heterocycles.